The summed E-state index contributed by atoms with van der Waals surface area (Å²) in [6, 6.07) is 34.1. The minimum absolute atomic E-state index is 0.130. The van der Waals surface area contributed by atoms with E-state index in [-0.39, 0.29) is 10.8 Å². The second-order valence-corrected chi connectivity index (χ2v) is 10.5. The molecule has 0 amide bonds. The van der Waals surface area contributed by atoms with Crippen LogP contribution in [0.25, 0.3) is 11.1 Å². The summed E-state index contributed by atoms with van der Waals surface area (Å²) >= 11 is 1.92. The minimum Gasteiger partial charge on any atom is -0.0894 e. The van der Waals surface area contributed by atoms with E-state index in [1.54, 1.807) is 0 Å². The van der Waals surface area contributed by atoms with Crippen molar-refractivity contribution in [3.05, 3.63) is 119 Å². The number of rotatable bonds is 0. The average molecular weight is 405 g/mol. The smallest absolute Gasteiger partial charge is 0.0735 e. The van der Waals surface area contributed by atoms with Crippen LogP contribution in [0, 0.1) is 0 Å². The fourth-order valence-electron chi connectivity index (χ4n) is 5.33. The summed E-state index contributed by atoms with van der Waals surface area (Å²) in [5.41, 5.74) is 9.63. The summed E-state index contributed by atoms with van der Waals surface area (Å²) in [5, 5.41) is 0. The van der Waals surface area contributed by atoms with Crippen LogP contribution in [0.15, 0.2) is 101 Å². The number of hydrogen-bond donors (Lipinski definition) is 0. The normalized spacial score (nSPS) is 15.3. The van der Waals surface area contributed by atoms with Gasteiger partial charge in [-0.2, -0.15) is 0 Å². The van der Waals surface area contributed by atoms with Gasteiger partial charge in [-0.25, -0.2) is 0 Å². The Balaban J connectivity index is 1.78. The quantitative estimate of drug-likeness (QED) is 0.249. The molecule has 1 aliphatic carbocycles. The van der Waals surface area contributed by atoms with Gasteiger partial charge in [0.2, 0.25) is 0 Å². The predicted molar refractivity (Wildman–Crippen MR) is 127 cm³/mol. The van der Waals surface area contributed by atoms with Gasteiger partial charge in [0.1, 0.15) is 0 Å². The van der Waals surface area contributed by atoms with Gasteiger partial charge in [-0.05, 0) is 56.5 Å². The molecule has 30 heavy (non-hydrogen) atoms. The minimum atomic E-state index is -0.249. The summed E-state index contributed by atoms with van der Waals surface area (Å²) in [7, 11) is 0. The lowest BCUT2D eigenvalue weighted by Crippen LogP contribution is -2.32. The molecule has 0 bridgehead atoms. The van der Waals surface area contributed by atoms with Crippen LogP contribution in [-0.4, -0.2) is 0 Å². The van der Waals surface area contributed by atoms with Gasteiger partial charge >= 0.3 is 0 Å². The summed E-state index contributed by atoms with van der Waals surface area (Å²) in [6.07, 6.45) is 0. The molecule has 1 heterocycles. The molecular weight excluding hydrogens is 380 g/mol. The number of benzene rings is 4. The van der Waals surface area contributed by atoms with Gasteiger partial charge in [-0.3, -0.25) is 0 Å². The van der Waals surface area contributed by atoms with Gasteiger partial charge in [0.25, 0.3) is 0 Å². The molecule has 1 spiro atoms. The first-order chi connectivity index (χ1) is 14.5. The van der Waals surface area contributed by atoms with Crippen LogP contribution in [0.4, 0.5) is 0 Å². The standard InChI is InChI=1S/C29H24S/c1-28(2,3)19-16-17-25-27(18-19)30-26-15-9-8-14-24(26)29(25)22-12-6-4-10-20(22)21-11-5-7-13-23(21)29/h4-18H,1-3H3. The van der Waals surface area contributed by atoms with Crippen LogP contribution in [0.2, 0.25) is 0 Å². The Hall–Kier alpha value is -2.77. The second-order valence-electron chi connectivity index (χ2n) is 9.40. The predicted octanol–water partition coefficient (Wildman–Crippen LogP) is 7.81. The Morgan fingerprint density at radius 2 is 1.10 bits per heavy atom. The molecule has 4 aromatic rings. The van der Waals surface area contributed by atoms with Gasteiger partial charge in [-0.1, -0.05) is 111 Å². The highest BCUT2D eigenvalue weighted by Crippen LogP contribution is 2.62. The molecule has 0 N–H and O–H groups in total. The lowest BCUT2D eigenvalue weighted by Gasteiger charge is -2.40. The third kappa shape index (κ3) is 2.24. The van der Waals surface area contributed by atoms with Crippen molar-refractivity contribution in [1.82, 2.24) is 0 Å². The maximum Gasteiger partial charge on any atom is 0.0735 e. The maximum atomic E-state index is 2.43. The van der Waals surface area contributed by atoms with Crippen molar-refractivity contribution < 1.29 is 0 Å². The summed E-state index contributed by atoms with van der Waals surface area (Å²) in [4.78, 5) is 2.75. The summed E-state index contributed by atoms with van der Waals surface area (Å²) in [5.74, 6) is 0. The number of hydrogen-bond acceptors (Lipinski definition) is 1. The molecule has 0 unspecified atom stereocenters. The number of fused-ring (bicyclic) bond motifs is 9. The zero-order chi connectivity index (χ0) is 20.5. The highest BCUT2D eigenvalue weighted by atomic mass is 32.2. The van der Waals surface area contributed by atoms with E-state index in [0.717, 1.165) is 0 Å². The van der Waals surface area contributed by atoms with Crippen molar-refractivity contribution in [3.8, 4) is 11.1 Å². The molecule has 0 nitrogen and oxygen atoms in total. The Bertz CT molecular complexity index is 1260. The van der Waals surface area contributed by atoms with Gasteiger partial charge < -0.3 is 0 Å². The molecule has 2 aliphatic rings. The second kappa shape index (κ2) is 6.12. The Morgan fingerprint density at radius 3 is 1.73 bits per heavy atom. The van der Waals surface area contributed by atoms with Crippen molar-refractivity contribution in [3.63, 3.8) is 0 Å². The van der Waals surface area contributed by atoms with Crippen LogP contribution < -0.4 is 0 Å². The van der Waals surface area contributed by atoms with Crippen molar-refractivity contribution in [2.75, 3.05) is 0 Å². The first-order valence-electron chi connectivity index (χ1n) is 10.6. The molecule has 4 aromatic carbocycles. The van der Waals surface area contributed by atoms with Crippen LogP contribution in [0.5, 0.6) is 0 Å². The first-order valence-corrected chi connectivity index (χ1v) is 11.4. The molecule has 1 heteroatoms. The van der Waals surface area contributed by atoms with Crippen LogP contribution in [0.3, 0.4) is 0 Å². The van der Waals surface area contributed by atoms with Crippen molar-refractivity contribution in [2.45, 2.75) is 41.4 Å². The zero-order valence-electron chi connectivity index (χ0n) is 17.6. The largest absolute Gasteiger partial charge is 0.0894 e. The Labute approximate surface area is 183 Å². The molecule has 146 valence electrons. The average Bonchev–Trinajstić information content (AvgIpc) is 3.05. The molecule has 0 aromatic heterocycles. The maximum absolute atomic E-state index is 2.43. The van der Waals surface area contributed by atoms with Gasteiger partial charge in [0.15, 0.2) is 0 Å². The first kappa shape index (κ1) is 18.0. The third-order valence-electron chi connectivity index (χ3n) is 6.71. The molecule has 0 atom stereocenters. The van der Waals surface area contributed by atoms with E-state index in [4.69, 9.17) is 0 Å². The molecule has 6 rings (SSSR count). The van der Waals surface area contributed by atoms with Gasteiger partial charge in [0.05, 0.1) is 5.41 Å². The topological polar surface area (TPSA) is 0 Å². The Kier molecular flexibility index (Phi) is 3.68. The van der Waals surface area contributed by atoms with Gasteiger partial charge in [0, 0.05) is 9.79 Å². The monoisotopic (exact) mass is 404 g/mol. The lowest BCUT2D eigenvalue weighted by atomic mass is 9.67. The van der Waals surface area contributed by atoms with E-state index in [9.17, 15) is 0 Å². The van der Waals surface area contributed by atoms with Crippen molar-refractivity contribution >= 4 is 11.8 Å². The van der Waals surface area contributed by atoms with E-state index in [2.05, 4.69) is 112 Å². The fraction of sp³-hybridized carbons (Fsp3) is 0.172. The molecule has 0 saturated heterocycles. The molecule has 0 radical (unpaired) electrons. The van der Waals surface area contributed by atoms with E-state index in [1.807, 2.05) is 11.8 Å². The van der Waals surface area contributed by atoms with Crippen molar-refractivity contribution in [2.24, 2.45) is 0 Å². The van der Waals surface area contributed by atoms with Crippen molar-refractivity contribution in [1.29, 1.82) is 0 Å². The third-order valence-corrected chi connectivity index (χ3v) is 7.85. The zero-order valence-corrected chi connectivity index (χ0v) is 18.4. The molecular formula is C29H24S. The van der Waals surface area contributed by atoms with E-state index in [1.165, 1.54) is 48.7 Å². The van der Waals surface area contributed by atoms with Crippen LogP contribution in [0.1, 0.15) is 48.6 Å². The fourth-order valence-corrected chi connectivity index (χ4v) is 6.56. The van der Waals surface area contributed by atoms with Gasteiger partial charge in [-0.15, -0.1) is 0 Å². The highest BCUT2D eigenvalue weighted by molar-refractivity contribution is 7.99. The van der Waals surface area contributed by atoms with E-state index >= 15 is 0 Å². The van der Waals surface area contributed by atoms with E-state index in [0.29, 0.717) is 0 Å². The van der Waals surface area contributed by atoms with E-state index < -0.39 is 0 Å². The SMILES string of the molecule is CC(C)(C)c1ccc2c(c1)Sc1ccccc1C21c2ccccc2-c2ccccc21. The van der Waals surface area contributed by atoms with Crippen LogP contribution >= 0.6 is 11.8 Å². The molecule has 1 aliphatic heterocycles. The Morgan fingerprint density at radius 1 is 0.567 bits per heavy atom. The molecule has 0 saturated carbocycles. The van der Waals surface area contributed by atoms with Crippen LogP contribution in [-0.2, 0) is 10.8 Å². The lowest BCUT2D eigenvalue weighted by molar-refractivity contribution is 0.586. The summed E-state index contributed by atoms with van der Waals surface area (Å²) < 4.78 is 0. The summed E-state index contributed by atoms with van der Waals surface area (Å²) in [6.45, 7) is 6.89. The highest BCUT2D eigenvalue weighted by Gasteiger charge is 2.50. The molecule has 0 fully saturated rings.